The second kappa shape index (κ2) is 16.1. The van der Waals surface area contributed by atoms with Crippen LogP contribution in [0.2, 0.25) is 0 Å². The Morgan fingerprint density at radius 3 is 2.21 bits per heavy atom. The highest BCUT2D eigenvalue weighted by molar-refractivity contribution is 5.85. The minimum absolute atomic E-state index is 0. The molecule has 4 aromatic rings. The number of tetrazole rings is 1. The van der Waals surface area contributed by atoms with Crippen molar-refractivity contribution in [1.29, 1.82) is 0 Å². The topological polar surface area (TPSA) is 79.6 Å². The summed E-state index contributed by atoms with van der Waals surface area (Å²) >= 11 is 0. The number of methoxy groups -OCH3 is 1. The first-order chi connectivity index (χ1) is 22.3. The maximum Gasteiger partial charge on any atom is 0.453 e. The Labute approximate surface area is 290 Å². The van der Waals surface area contributed by atoms with E-state index in [1.165, 1.54) is 17.2 Å². The number of hydrogen-bond donors (Lipinski definition) is 0. The van der Waals surface area contributed by atoms with Crippen molar-refractivity contribution >= 4 is 30.7 Å². The van der Waals surface area contributed by atoms with Gasteiger partial charge in [0.2, 0.25) is 5.91 Å². The number of hydrogen-bond acceptors (Lipinski definition) is 7. The van der Waals surface area contributed by atoms with Gasteiger partial charge in [-0.2, -0.15) is 17.9 Å². The standard InChI is InChI=1S/C34H38F3N7O2.2ClH/c1-3-10-31(45)42-17-18-43-28(22-42)21-41(23-29(43)32(24-11-6-4-7-12-24)25-13-8-5-9-14-25)20-26-19-27(15-16-30(26)46-2)44-33(34(35,36)37)38-39-40-44;;/h4-9,11-16,19,28-29,32H,3,10,17-18,20-23H2,1-2H3;2*1H/t28-,29+;;/m1../s1. The smallest absolute Gasteiger partial charge is 0.453 e. The predicted octanol–water partition coefficient (Wildman–Crippen LogP) is 5.86. The Balaban J connectivity index is 0.00000260. The summed E-state index contributed by atoms with van der Waals surface area (Å²) in [6.45, 7) is 5.93. The number of amides is 1. The van der Waals surface area contributed by atoms with Crippen molar-refractivity contribution < 1.29 is 22.7 Å². The molecule has 258 valence electrons. The minimum Gasteiger partial charge on any atom is -0.496 e. The van der Waals surface area contributed by atoms with E-state index in [-0.39, 0.29) is 54.4 Å². The molecule has 9 nitrogen and oxygen atoms in total. The molecule has 0 bridgehead atoms. The van der Waals surface area contributed by atoms with Crippen molar-refractivity contribution in [3.8, 4) is 11.4 Å². The Morgan fingerprint density at radius 2 is 1.60 bits per heavy atom. The van der Waals surface area contributed by atoms with Gasteiger partial charge in [0.15, 0.2) is 0 Å². The third kappa shape index (κ3) is 7.94. The molecule has 2 aliphatic rings. The molecule has 6 rings (SSSR count). The van der Waals surface area contributed by atoms with Gasteiger partial charge >= 0.3 is 6.18 Å². The van der Waals surface area contributed by atoms with Crippen LogP contribution >= 0.6 is 24.8 Å². The summed E-state index contributed by atoms with van der Waals surface area (Å²) in [5.41, 5.74) is 3.34. The zero-order chi connectivity index (χ0) is 32.3. The van der Waals surface area contributed by atoms with Crippen LogP contribution in [0.15, 0.2) is 78.9 Å². The van der Waals surface area contributed by atoms with Gasteiger partial charge in [-0.15, -0.1) is 29.9 Å². The molecule has 0 N–H and O–H groups in total. The maximum atomic E-state index is 13.7. The molecule has 0 unspecified atom stereocenters. The first-order valence-corrected chi connectivity index (χ1v) is 15.7. The third-order valence-electron chi connectivity index (χ3n) is 9.01. The molecule has 0 aliphatic carbocycles. The van der Waals surface area contributed by atoms with E-state index in [1.54, 1.807) is 19.2 Å². The molecule has 2 fully saturated rings. The quantitative estimate of drug-likeness (QED) is 0.216. The van der Waals surface area contributed by atoms with Crippen LogP contribution in [0.4, 0.5) is 13.2 Å². The molecule has 48 heavy (non-hydrogen) atoms. The first kappa shape index (κ1) is 37.1. The number of nitrogens with zero attached hydrogens (tertiary/aromatic N) is 7. The van der Waals surface area contributed by atoms with Crippen LogP contribution in [0, 0.1) is 0 Å². The van der Waals surface area contributed by atoms with E-state index in [4.69, 9.17) is 4.74 Å². The number of fused-ring (bicyclic) bond motifs is 1. The number of carbonyl (C=O) groups excluding carboxylic acids is 1. The monoisotopic (exact) mass is 705 g/mol. The van der Waals surface area contributed by atoms with E-state index in [9.17, 15) is 18.0 Å². The van der Waals surface area contributed by atoms with Crippen LogP contribution in [0.5, 0.6) is 5.75 Å². The van der Waals surface area contributed by atoms with E-state index >= 15 is 0 Å². The van der Waals surface area contributed by atoms with Gasteiger partial charge in [-0.1, -0.05) is 67.6 Å². The number of alkyl halides is 3. The van der Waals surface area contributed by atoms with Crippen molar-refractivity contribution in [2.24, 2.45) is 0 Å². The Bertz CT molecular complexity index is 1590. The zero-order valence-electron chi connectivity index (χ0n) is 26.8. The summed E-state index contributed by atoms with van der Waals surface area (Å²) in [4.78, 5) is 19.9. The fraction of sp³-hybridized carbons (Fsp3) is 0.412. The number of rotatable bonds is 9. The molecule has 3 heterocycles. The second-order valence-corrected chi connectivity index (χ2v) is 12.0. The van der Waals surface area contributed by atoms with Gasteiger partial charge in [-0.05, 0) is 46.2 Å². The molecular formula is C34H40Cl2F3N7O2. The molecule has 3 aromatic carbocycles. The summed E-state index contributed by atoms with van der Waals surface area (Å²) in [6.07, 6.45) is -3.38. The van der Waals surface area contributed by atoms with Gasteiger partial charge in [-0.25, -0.2) is 0 Å². The Kier molecular flexibility index (Phi) is 12.5. The largest absolute Gasteiger partial charge is 0.496 e. The van der Waals surface area contributed by atoms with Crippen LogP contribution in [-0.2, 0) is 17.5 Å². The van der Waals surface area contributed by atoms with Crippen molar-refractivity contribution in [3.05, 3.63) is 101 Å². The van der Waals surface area contributed by atoms with E-state index in [0.29, 0.717) is 49.6 Å². The SMILES string of the molecule is CCCC(=O)N1CCN2[C@H](CN(Cc3cc(-n4nnnc4C(F)(F)F)ccc3OC)C[C@H]2C(c2ccccc2)c2ccccc2)C1.Cl.Cl. The summed E-state index contributed by atoms with van der Waals surface area (Å²) in [6, 6.07) is 26.0. The van der Waals surface area contributed by atoms with Crippen molar-refractivity contribution in [1.82, 2.24) is 34.9 Å². The number of benzene rings is 3. The van der Waals surface area contributed by atoms with Crippen molar-refractivity contribution in [2.75, 3.05) is 39.8 Å². The summed E-state index contributed by atoms with van der Waals surface area (Å²) < 4.78 is 47.3. The van der Waals surface area contributed by atoms with Gasteiger partial charge in [0.1, 0.15) is 5.75 Å². The Hall–Kier alpha value is -3.71. The highest BCUT2D eigenvalue weighted by Gasteiger charge is 2.43. The highest BCUT2D eigenvalue weighted by atomic mass is 35.5. The summed E-state index contributed by atoms with van der Waals surface area (Å²) in [5, 5.41) is 10.1. The van der Waals surface area contributed by atoms with Gasteiger partial charge in [-0.3, -0.25) is 14.6 Å². The van der Waals surface area contributed by atoms with Crippen molar-refractivity contribution in [2.45, 2.75) is 50.5 Å². The predicted molar refractivity (Wildman–Crippen MR) is 181 cm³/mol. The van der Waals surface area contributed by atoms with E-state index < -0.39 is 12.0 Å². The van der Waals surface area contributed by atoms with Gasteiger partial charge < -0.3 is 9.64 Å². The van der Waals surface area contributed by atoms with Crippen LogP contribution in [-0.4, -0.2) is 92.7 Å². The lowest BCUT2D eigenvalue weighted by Gasteiger charge is -2.53. The number of aromatic nitrogens is 4. The average Bonchev–Trinajstić information content (AvgIpc) is 3.57. The first-order valence-electron chi connectivity index (χ1n) is 15.7. The molecule has 0 saturated carbocycles. The van der Waals surface area contributed by atoms with Crippen LogP contribution in [0.3, 0.4) is 0 Å². The number of ether oxygens (including phenoxy) is 1. The van der Waals surface area contributed by atoms with Gasteiger partial charge in [0.05, 0.1) is 12.8 Å². The molecule has 1 amide bonds. The molecule has 1 aromatic heterocycles. The molecule has 2 aliphatic heterocycles. The Morgan fingerprint density at radius 1 is 0.938 bits per heavy atom. The van der Waals surface area contributed by atoms with Crippen LogP contribution < -0.4 is 4.74 Å². The van der Waals surface area contributed by atoms with E-state index in [0.717, 1.165) is 18.5 Å². The summed E-state index contributed by atoms with van der Waals surface area (Å²) in [7, 11) is 1.55. The molecular weight excluding hydrogens is 666 g/mol. The van der Waals surface area contributed by atoms with E-state index in [1.807, 2.05) is 24.0 Å². The van der Waals surface area contributed by atoms with Gasteiger partial charge in [0.25, 0.3) is 5.82 Å². The fourth-order valence-electron chi connectivity index (χ4n) is 6.99. The third-order valence-corrected chi connectivity index (χ3v) is 9.01. The molecule has 14 heteroatoms. The average molecular weight is 707 g/mol. The van der Waals surface area contributed by atoms with Gasteiger partial charge in [0, 0.05) is 69.3 Å². The normalized spacial score (nSPS) is 18.5. The highest BCUT2D eigenvalue weighted by Crippen LogP contribution is 2.37. The second-order valence-electron chi connectivity index (χ2n) is 12.0. The summed E-state index contributed by atoms with van der Waals surface area (Å²) in [5.74, 6) is -0.385. The lowest BCUT2D eigenvalue weighted by atomic mass is 9.81. The number of halogens is 5. The van der Waals surface area contributed by atoms with Crippen molar-refractivity contribution in [3.63, 3.8) is 0 Å². The molecule has 2 atom stereocenters. The maximum absolute atomic E-state index is 13.7. The zero-order valence-corrected chi connectivity index (χ0v) is 28.4. The van der Waals surface area contributed by atoms with E-state index in [2.05, 4.69) is 73.9 Å². The fourth-order valence-corrected chi connectivity index (χ4v) is 6.99. The lowest BCUT2D eigenvalue weighted by molar-refractivity contribution is -0.146. The van der Waals surface area contributed by atoms with Crippen LogP contribution in [0.25, 0.3) is 5.69 Å². The molecule has 2 saturated heterocycles. The van der Waals surface area contributed by atoms with Crippen LogP contribution in [0.1, 0.15) is 48.2 Å². The number of carbonyl (C=O) groups is 1. The lowest BCUT2D eigenvalue weighted by Crippen LogP contribution is -2.67. The molecule has 0 spiro atoms. The number of piperazine rings is 2. The molecule has 0 radical (unpaired) electrons. The minimum atomic E-state index is -4.71.